The minimum Gasteiger partial charge on any atom is -0.330 e. The van der Waals surface area contributed by atoms with E-state index in [9.17, 15) is 8.42 Å². The molecule has 2 rings (SSSR count). The quantitative estimate of drug-likeness (QED) is 0.754. The Morgan fingerprint density at radius 1 is 1.12 bits per heavy atom. The third-order valence-corrected chi connectivity index (χ3v) is 5.75. The van der Waals surface area contributed by atoms with Crippen LogP contribution in [0.2, 0.25) is 0 Å². The predicted molar refractivity (Wildman–Crippen MR) is 69.1 cm³/mol. The Balaban J connectivity index is 1.79. The smallest absolute Gasteiger partial charge is 0.211 e. The molecular formula is C12H24N2O2S. The highest BCUT2D eigenvalue weighted by Crippen LogP contribution is 2.30. The molecule has 0 aliphatic heterocycles. The normalized spacial score (nSPS) is 30.4. The van der Waals surface area contributed by atoms with Gasteiger partial charge in [-0.05, 0) is 37.6 Å². The molecule has 0 saturated heterocycles. The molecule has 5 heteroatoms. The monoisotopic (exact) mass is 260 g/mol. The summed E-state index contributed by atoms with van der Waals surface area (Å²) in [4.78, 5) is 0. The maximum absolute atomic E-state index is 11.9. The molecule has 0 heterocycles. The number of sulfonamides is 1. The molecule has 0 radical (unpaired) electrons. The van der Waals surface area contributed by atoms with E-state index in [-0.39, 0.29) is 6.04 Å². The second kappa shape index (κ2) is 5.67. The van der Waals surface area contributed by atoms with Crippen molar-refractivity contribution in [2.45, 2.75) is 51.0 Å². The highest BCUT2D eigenvalue weighted by atomic mass is 32.2. The Kier molecular flexibility index (Phi) is 4.44. The van der Waals surface area contributed by atoms with E-state index in [2.05, 4.69) is 4.72 Å². The van der Waals surface area contributed by atoms with Gasteiger partial charge in [-0.3, -0.25) is 0 Å². The molecule has 0 amide bonds. The van der Waals surface area contributed by atoms with E-state index in [1.54, 1.807) is 0 Å². The van der Waals surface area contributed by atoms with E-state index in [1.807, 2.05) is 0 Å². The van der Waals surface area contributed by atoms with Gasteiger partial charge in [0.1, 0.15) is 0 Å². The molecule has 0 aromatic rings. The van der Waals surface area contributed by atoms with E-state index in [0.29, 0.717) is 24.1 Å². The molecule has 0 aromatic carbocycles. The summed E-state index contributed by atoms with van der Waals surface area (Å²) in [6.45, 7) is 0.593. The summed E-state index contributed by atoms with van der Waals surface area (Å²) in [7, 11) is -3.08. The van der Waals surface area contributed by atoms with Gasteiger partial charge in [-0.2, -0.15) is 0 Å². The molecule has 2 atom stereocenters. The zero-order valence-corrected chi connectivity index (χ0v) is 11.2. The second-order valence-corrected chi connectivity index (χ2v) is 7.43. The minimum atomic E-state index is -3.08. The van der Waals surface area contributed by atoms with E-state index >= 15 is 0 Å². The summed E-state index contributed by atoms with van der Waals surface area (Å²) >= 11 is 0. The second-order valence-electron chi connectivity index (χ2n) is 5.56. The first-order valence-electron chi connectivity index (χ1n) is 6.81. The summed E-state index contributed by atoms with van der Waals surface area (Å²) < 4.78 is 26.7. The van der Waals surface area contributed by atoms with Gasteiger partial charge in [0.25, 0.3) is 0 Å². The largest absolute Gasteiger partial charge is 0.330 e. The van der Waals surface area contributed by atoms with Crippen molar-refractivity contribution in [1.29, 1.82) is 0 Å². The Morgan fingerprint density at radius 3 is 2.41 bits per heavy atom. The number of hydrogen-bond acceptors (Lipinski definition) is 3. The van der Waals surface area contributed by atoms with Crippen LogP contribution in [0.5, 0.6) is 0 Å². The minimum absolute atomic E-state index is 0.0893. The SMILES string of the molecule is NCC1CCCC1NS(=O)(=O)CCC1CCC1. The van der Waals surface area contributed by atoms with Crippen LogP contribution in [0.3, 0.4) is 0 Å². The number of hydrogen-bond donors (Lipinski definition) is 2. The van der Waals surface area contributed by atoms with Crippen molar-refractivity contribution in [3.8, 4) is 0 Å². The van der Waals surface area contributed by atoms with Gasteiger partial charge < -0.3 is 5.73 Å². The molecule has 2 fully saturated rings. The van der Waals surface area contributed by atoms with Crippen molar-refractivity contribution in [3.05, 3.63) is 0 Å². The van der Waals surface area contributed by atoms with E-state index in [4.69, 9.17) is 5.73 Å². The highest BCUT2D eigenvalue weighted by Gasteiger charge is 2.30. The maximum Gasteiger partial charge on any atom is 0.211 e. The lowest BCUT2D eigenvalue weighted by atomic mass is 9.84. The Bertz CT molecular complexity index is 338. The van der Waals surface area contributed by atoms with Crippen LogP contribution in [0.4, 0.5) is 0 Å². The number of rotatable bonds is 6. The van der Waals surface area contributed by atoms with Gasteiger partial charge in [-0.15, -0.1) is 0 Å². The first kappa shape index (κ1) is 13.3. The van der Waals surface area contributed by atoms with Crippen molar-refractivity contribution in [1.82, 2.24) is 4.72 Å². The Labute approximate surface area is 104 Å². The van der Waals surface area contributed by atoms with Gasteiger partial charge in [0.2, 0.25) is 10.0 Å². The average Bonchev–Trinajstić information content (AvgIpc) is 2.61. The van der Waals surface area contributed by atoms with Gasteiger partial charge in [0.15, 0.2) is 0 Å². The van der Waals surface area contributed by atoms with Crippen LogP contribution in [0.25, 0.3) is 0 Å². The molecular weight excluding hydrogens is 236 g/mol. The first-order chi connectivity index (χ1) is 8.11. The lowest BCUT2D eigenvalue weighted by molar-refractivity contribution is 0.307. The zero-order chi connectivity index (χ0) is 12.3. The molecule has 2 unspecified atom stereocenters. The topological polar surface area (TPSA) is 72.2 Å². The third-order valence-electron chi connectivity index (χ3n) is 4.31. The number of nitrogens with two attached hydrogens (primary N) is 1. The molecule has 2 aliphatic rings. The zero-order valence-electron chi connectivity index (χ0n) is 10.4. The lowest BCUT2D eigenvalue weighted by Gasteiger charge is -2.26. The Morgan fingerprint density at radius 2 is 1.82 bits per heavy atom. The summed E-state index contributed by atoms with van der Waals surface area (Å²) in [5.74, 6) is 1.29. The van der Waals surface area contributed by atoms with Gasteiger partial charge in [-0.25, -0.2) is 13.1 Å². The van der Waals surface area contributed by atoms with Crippen LogP contribution in [-0.4, -0.2) is 26.8 Å². The molecule has 4 nitrogen and oxygen atoms in total. The van der Waals surface area contributed by atoms with Crippen LogP contribution < -0.4 is 10.5 Å². The van der Waals surface area contributed by atoms with Crippen LogP contribution >= 0.6 is 0 Å². The van der Waals surface area contributed by atoms with Crippen molar-refractivity contribution in [3.63, 3.8) is 0 Å². The predicted octanol–water partition coefficient (Wildman–Crippen LogP) is 1.22. The fourth-order valence-electron chi connectivity index (χ4n) is 2.87. The molecule has 3 N–H and O–H groups in total. The van der Waals surface area contributed by atoms with Crippen molar-refractivity contribution >= 4 is 10.0 Å². The molecule has 0 bridgehead atoms. The van der Waals surface area contributed by atoms with E-state index in [1.165, 1.54) is 19.3 Å². The summed E-state index contributed by atoms with van der Waals surface area (Å²) in [5, 5.41) is 0. The summed E-state index contributed by atoms with van der Waals surface area (Å²) in [6.07, 6.45) is 7.63. The van der Waals surface area contributed by atoms with Crippen LogP contribution in [0, 0.1) is 11.8 Å². The third kappa shape index (κ3) is 3.66. The van der Waals surface area contributed by atoms with Gasteiger partial charge in [-0.1, -0.05) is 25.7 Å². The van der Waals surface area contributed by atoms with Gasteiger partial charge >= 0.3 is 0 Å². The fourth-order valence-corrected chi connectivity index (χ4v) is 4.40. The molecule has 2 saturated carbocycles. The van der Waals surface area contributed by atoms with Crippen LogP contribution in [0.1, 0.15) is 44.9 Å². The number of nitrogens with one attached hydrogen (secondary N) is 1. The highest BCUT2D eigenvalue weighted by molar-refractivity contribution is 7.89. The van der Waals surface area contributed by atoms with Gasteiger partial charge in [0.05, 0.1) is 5.75 Å². The summed E-state index contributed by atoms with van der Waals surface area (Å²) in [6, 6.07) is 0.0893. The molecule has 100 valence electrons. The van der Waals surface area contributed by atoms with Gasteiger partial charge in [0, 0.05) is 6.04 Å². The van der Waals surface area contributed by atoms with E-state index < -0.39 is 10.0 Å². The first-order valence-corrected chi connectivity index (χ1v) is 8.46. The average molecular weight is 260 g/mol. The molecule has 0 aromatic heterocycles. The summed E-state index contributed by atoms with van der Waals surface area (Å²) in [5.41, 5.74) is 5.66. The standard InChI is InChI=1S/C12H24N2O2S/c13-9-11-5-2-6-12(11)14-17(15,16)8-7-10-3-1-4-10/h10-12,14H,1-9,13H2. The molecule has 17 heavy (non-hydrogen) atoms. The van der Waals surface area contributed by atoms with Crippen LogP contribution in [0.15, 0.2) is 0 Å². The van der Waals surface area contributed by atoms with E-state index in [0.717, 1.165) is 25.7 Å². The van der Waals surface area contributed by atoms with Crippen molar-refractivity contribution in [2.75, 3.05) is 12.3 Å². The fraction of sp³-hybridized carbons (Fsp3) is 1.00. The van der Waals surface area contributed by atoms with Crippen LogP contribution in [-0.2, 0) is 10.0 Å². The maximum atomic E-state index is 11.9. The molecule has 2 aliphatic carbocycles. The lowest BCUT2D eigenvalue weighted by Crippen LogP contribution is -2.41. The van der Waals surface area contributed by atoms with Crippen molar-refractivity contribution in [2.24, 2.45) is 17.6 Å². The van der Waals surface area contributed by atoms with Crippen molar-refractivity contribution < 1.29 is 8.42 Å². The Hall–Kier alpha value is -0.130. The molecule has 0 spiro atoms.